The maximum Gasteiger partial charge on any atom is 0.137 e. The van der Waals surface area contributed by atoms with Crippen LogP contribution in [0.1, 0.15) is 11.3 Å². The lowest BCUT2D eigenvalue weighted by atomic mass is 10.1. The van der Waals surface area contributed by atoms with Crippen LogP contribution < -0.4 is 4.90 Å². The normalized spacial score (nSPS) is 13.6. The molecule has 0 spiro atoms. The van der Waals surface area contributed by atoms with Crippen LogP contribution in [0, 0.1) is 6.92 Å². The molecule has 2 nitrogen and oxygen atoms in total. The topological polar surface area (TPSA) is 16.1 Å². The molecule has 0 amide bonds. The Hall–Kier alpha value is -1.80. The average Bonchev–Trinajstić information content (AvgIpc) is 2.38. The molecule has 1 aromatic carbocycles. The zero-order chi connectivity index (χ0) is 12.5. The number of anilines is 2. The third-order valence-electron chi connectivity index (χ3n) is 3.02. The van der Waals surface area contributed by atoms with E-state index in [2.05, 4.69) is 17.1 Å². The van der Waals surface area contributed by atoms with Crippen LogP contribution in [-0.2, 0) is 6.42 Å². The molecule has 0 saturated heterocycles. The van der Waals surface area contributed by atoms with E-state index in [1.807, 2.05) is 48.4 Å². The zero-order valence-electron chi connectivity index (χ0n) is 10.1. The Labute approximate surface area is 112 Å². The van der Waals surface area contributed by atoms with Gasteiger partial charge >= 0.3 is 0 Å². The van der Waals surface area contributed by atoms with E-state index in [1.54, 1.807) is 0 Å². The zero-order valence-corrected chi connectivity index (χ0v) is 10.9. The lowest BCUT2D eigenvalue weighted by Gasteiger charge is -2.26. The quantitative estimate of drug-likeness (QED) is 0.758. The minimum absolute atomic E-state index is 0.764. The highest BCUT2D eigenvalue weighted by Gasteiger charge is 2.18. The van der Waals surface area contributed by atoms with E-state index >= 15 is 0 Å². The summed E-state index contributed by atoms with van der Waals surface area (Å²) >= 11 is 6.32. The number of hydrogen-bond acceptors (Lipinski definition) is 2. The molecular formula is C15H13ClN2. The average molecular weight is 257 g/mol. The van der Waals surface area contributed by atoms with Crippen LogP contribution in [0.25, 0.3) is 0 Å². The SMILES string of the molecule is Cc1cccc(N2C=CCc3cccc(Cl)c32)n1. The van der Waals surface area contributed by atoms with Gasteiger partial charge in [0.05, 0.1) is 10.7 Å². The van der Waals surface area contributed by atoms with Crippen molar-refractivity contribution >= 4 is 23.1 Å². The van der Waals surface area contributed by atoms with E-state index in [9.17, 15) is 0 Å². The number of rotatable bonds is 1. The van der Waals surface area contributed by atoms with E-state index in [-0.39, 0.29) is 0 Å². The summed E-state index contributed by atoms with van der Waals surface area (Å²) in [5.74, 6) is 0.903. The molecule has 3 rings (SSSR count). The largest absolute Gasteiger partial charge is 0.300 e. The second-order valence-electron chi connectivity index (χ2n) is 4.34. The molecule has 1 aliphatic heterocycles. The van der Waals surface area contributed by atoms with Crippen molar-refractivity contribution in [2.24, 2.45) is 0 Å². The summed E-state index contributed by atoms with van der Waals surface area (Å²) in [6.45, 7) is 1.99. The minimum Gasteiger partial charge on any atom is -0.300 e. The molecule has 2 heterocycles. The smallest absolute Gasteiger partial charge is 0.137 e. The molecule has 1 aromatic heterocycles. The number of hydrogen-bond donors (Lipinski definition) is 0. The first-order valence-electron chi connectivity index (χ1n) is 5.92. The van der Waals surface area contributed by atoms with Crippen LogP contribution in [-0.4, -0.2) is 4.98 Å². The maximum atomic E-state index is 6.32. The Balaban J connectivity index is 2.15. The van der Waals surface area contributed by atoms with Crippen molar-refractivity contribution in [3.63, 3.8) is 0 Å². The second-order valence-corrected chi connectivity index (χ2v) is 4.75. The predicted molar refractivity (Wildman–Crippen MR) is 75.4 cm³/mol. The van der Waals surface area contributed by atoms with Gasteiger partial charge in [-0.25, -0.2) is 4.98 Å². The second kappa shape index (κ2) is 4.46. The molecule has 18 heavy (non-hydrogen) atoms. The van der Waals surface area contributed by atoms with Gasteiger partial charge in [-0.15, -0.1) is 0 Å². The van der Waals surface area contributed by atoms with Gasteiger partial charge in [0.25, 0.3) is 0 Å². The molecular weight excluding hydrogens is 244 g/mol. The number of nitrogens with zero attached hydrogens (tertiary/aromatic N) is 2. The van der Waals surface area contributed by atoms with E-state index in [0.717, 1.165) is 28.6 Å². The summed E-state index contributed by atoms with van der Waals surface area (Å²) in [4.78, 5) is 6.60. The van der Waals surface area contributed by atoms with E-state index in [4.69, 9.17) is 11.6 Å². The Kier molecular flexibility index (Phi) is 2.80. The number of benzene rings is 1. The number of para-hydroxylation sites is 1. The van der Waals surface area contributed by atoms with Crippen molar-refractivity contribution in [1.82, 2.24) is 4.98 Å². The third-order valence-corrected chi connectivity index (χ3v) is 3.33. The summed E-state index contributed by atoms with van der Waals surface area (Å²) in [6, 6.07) is 12.0. The van der Waals surface area contributed by atoms with E-state index in [0.29, 0.717) is 0 Å². The van der Waals surface area contributed by atoms with Gasteiger partial charge in [0.15, 0.2) is 0 Å². The number of aromatic nitrogens is 1. The minimum atomic E-state index is 0.764. The Morgan fingerprint density at radius 2 is 2.00 bits per heavy atom. The maximum absolute atomic E-state index is 6.32. The summed E-state index contributed by atoms with van der Waals surface area (Å²) in [5, 5.41) is 0.764. The van der Waals surface area contributed by atoms with Gasteiger partial charge in [0.2, 0.25) is 0 Å². The number of allylic oxidation sites excluding steroid dienone is 1. The molecule has 0 atom stereocenters. The highest BCUT2D eigenvalue weighted by Crippen LogP contribution is 2.37. The first kappa shape index (κ1) is 11.3. The summed E-state index contributed by atoms with van der Waals surface area (Å²) in [7, 11) is 0. The molecule has 0 N–H and O–H groups in total. The summed E-state index contributed by atoms with van der Waals surface area (Å²) < 4.78 is 0. The van der Waals surface area contributed by atoms with Crippen molar-refractivity contribution in [3.8, 4) is 0 Å². The van der Waals surface area contributed by atoms with Crippen molar-refractivity contribution in [2.75, 3.05) is 4.90 Å². The molecule has 0 saturated carbocycles. The van der Waals surface area contributed by atoms with Crippen LogP contribution in [0.2, 0.25) is 5.02 Å². The third kappa shape index (κ3) is 1.89. The standard InChI is InChI=1S/C15H13ClN2/c1-11-5-2-9-14(17-11)18-10-4-7-12-6-3-8-13(16)15(12)18/h2-6,8-10H,7H2,1H3. The first-order chi connectivity index (χ1) is 8.75. The van der Waals surface area contributed by atoms with Gasteiger partial charge in [-0.2, -0.15) is 0 Å². The molecule has 1 aliphatic rings. The van der Waals surface area contributed by atoms with Crippen LogP contribution in [0.15, 0.2) is 48.7 Å². The van der Waals surface area contributed by atoms with Gasteiger partial charge in [-0.1, -0.05) is 35.9 Å². The van der Waals surface area contributed by atoms with Gasteiger partial charge in [-0.05, 0) is 37.1 Å². The lowest BCUT2D eigenvalue weighted by molar-refractivity contribution is 1.07. The highest BCUT2D eigenvalue weighted by molar-refractivity contribution is 6.33. The first-order valence-corrected chi connectivity index (χ1v) is 6.30. The Morgan fingerprint density at radius 3 is 2.83 bits per heavy atom. The van der Waals surface area contributed by atoms with Crippen molar-refractivity contribution in [3.05, 3.63) is 65.0 Å². The summed E-state index contributed by atoms with van der Waals surface area (Å²) in [6.07, 6.45) is 5.08. The van der Waals surface area contributed by atoms with Crippen LogP contribution in [0.3, 0.4) is 0 Å². The fraction of sp³-hybridized carbons (Fsp3) is 0.133. The molecule has 0 fully saturated rings. The molecule has 2 aromatic rings. The molecule has 0 bridgehead atoms. The van der Waals surface area contributed by atoms with E-state index in [1.165, 1.54) is 5.56 Å². The van der Waals surface area contributed by atoms with Gasteiger partial charge < -0.3 is 4.90 Å². The fourth-order valence-corrected chi connectivity index (χ4v) is 2.49. The number of halogens is 1. The summed E-state index contributed by atoms with van der Waals surface area (Å²) in [5.41, 5.74) is 3.27. The highest BCUT2D eigenvalue weighted by atomic mass is 35.5. The van der Waals surface area contributed by atoms with Crippen molar-refractivity contribution in [1.29, 1.82) is 0 Å². The molecule has 3 heteroatoms. The number of aryl methyl sites for hydroxylation is 1. The van der Waals surface area contributed by atoms with E-state index < -0.39 is 0 Å². The Bertz CT molecular complexity index is 620. The Morgan fingerprint density at radius 1 is 1.17 bits per heavy atom. The van der Waals surface area contributed by atoms with Gasteiger partial charge in [0.1, 0.15) is 5.82 Å². The van der Waals surface area contributed by atoms with Crippen LogP contribution >= 0.6 is 11.6 Å². The van der Waals surface area contributed by atoms with Crippen LogP contribution in [0.4, 0.5) is 11.5 Å². The van der Waals surface area contributed by atoms with Gasteiger partial charge in [0, 0.05) is 11.9 Å². The van der Waals surface area contributed by atoms with Crippen molar-refractivity contribution < 1.29 is 0 Å². The molecule has 90 valence electrons. The lowest BCUT2D eigenvalue weighted by Crippen LogP contribution is -2.16. The predicted octanol–water partition coefficient (Wildman–Crippen LogP) is 4.25. The van der Waals surface area contributed by atoms with Gasteiger partial charge in [-0.3, -0.25) is 0 Å². The van der Waals surface area contributed by atoms with Crippen LogP contribution in [0.5, 0.6) is 0 Å². The number of fused-ring (bicyclic) bond motifs is 1. The molecule has 0 radical (unpaired) electrons. The number of pyridine rings is 1. The molecule has 0 aliphatic carbocycles. The monoisotopic (exact) mass is 256 g/mol. The van der Waals surface area contributed by atoms with Crippen molar-refractivity contribution in [2.45, 2.75) is 13.3 Å². The fourth-order valence-electron chi connectivity index (χ4n) is 2.21. The molecule has 0 unspecified atom stereocenters.